The van der Waals surface area contributed by atoms with Gasteiger partial charge in [-0.3, -0.25) is 4.79 Å². The smallest absolute Gasteiger partial charge is 0.183 e. The fourth-order valence-corrected chi connectivity index (χ4v) is 10.8. The first-order valence-electron chi connectivity index (χ1n) is 21.5. The van der Waals surface area contributed by atoms with Gasteiger partial charge in [0.2, 0.25) is 0 Å². The molecule has 18 heteroatoms. The molecule has 0 radical (unpaired) electrons. The molecule has 6 aromatic rings. The number of pyridine rings is 2. The van der Waals surface area contributed by atoms with Crippen molar-refractivity contribution in [2.45, 2.75) is 109 Å². The van der Waals surface area contributed by atoms with Crippen molar-refractivity contribution in [1.29, 1.82) is 0 Å². The molecule has 4 N–H and O–H groups in total. The van der Waals surface area contributed by atoms with Crippen molar-refractivity contribution in [2.75, 3.05) is 22.1 Å². The van der Waals surface area contributed by atoms with E-state index in [0.29, 0.717) is 69.2 Å². The molecule has 0 amide bonds. The van der Waals surface area contributed by atoms with E-state index in [4.69, 9.17) is 23.2 Å². The van der Waals surface area contributed by atoms with Crippen molar-refractivity contribution < 1.29 is 22.0 Å². The minimum absolute atomic E-state index is 0.0238. The van der Waals surface area contributed by atoms with Gasteiger partial charge in [-0.05, 0) is 62.5 Å². The molecule has 0 saturated heterocycles. The molecular weight excluding hydrogens is 858 g/mol. The van der Waals surface area contributed by atoms with Crippen LogP contribution in [0, 0.1) is 23.5 Å². The van der Waals surface area contributed by atoms with E-state index < -0.39 is 21.5 Å². The second-order valence-electron chi connectivity index (χ2n) is 16.3. The number of halogens is 4. The molecule has 2 aliphatic carbocycles. The molecule has 8 rings (SSSR count). The summed E-state index contributed by atoms with van der Waals surface area (Å²) in [7, 11) is -3.13. The summed E-state index contributed by atoms with van der Waals surface area (Å²) in [6.07, 6.45) is 20.2. The number of anilines is 2. The Morgan fingerprint density at radius 1 is 0.726 bits per heavy atom. The number of carbonyl (C=O) groups excluding carboxylic acids is 1. The summed E-state index contributed by atoms with van der Waals surface area (Å²) in [5.41, 5.74) is 2.68. The third-order valence-electron chi connectivity index (χ3n) is 11.7. The minimum atomic E-state index is -3.13. The fraction of sp³-hybridized carbons (Fsp3) is 0.477. The summed E-state index contributed by atoms with van der Waals surface area (Å²) in [4.78, 5) is 44.2. The fourth-order valence-electron chi connectivity index (χ4n) is 8.60. The first-order valence-corrected chi connectivity index (χ1v) is 24.0. The molecule has 4 atom stereocenters. The Labute approximate surface area is 370 Å². The number of carbonyl (C=O) groups is 1. The van der Waals surface area contributed by atoms with Crippen LogP contribution in [0.3, 0.4) is 0 Å². The Hall–Kier alpha value is -4.80. The topological polar surface area (TPSA) is 184 Å². The first-order chi connectivity index (χ1) is 29.9. The van der Waals surface area contributed by atoms with Crippen LogP contribution in [-0.4, -0.2) is 77.7 Å². The van der Waals surface area contributed by atoms with Crippen LogP contribution in [0.25, 0.3) is 44.8 Å². The molecule has 2 fully saturated rings. The number of unbranched alkanes of at least 4 members (excludes halogenated alkanes) is 1. The first kappa shape index (κ1) is 45.2. The van der Waals surface area contributed by atoms with Crippen molar-refractivity contribution >= 4 is 72.5 Å². The van der Waals surface area contributed by atoms with Gasteiger partial charge in [0.25, 0.3) is 0 Å². The number of fused-ring (bicyclic) bond motifs is 2. The van der Waals surface area contributed by atoms with E-state index in [1.807, 2.05) is 6.92 Å². The summed E-state index contributed by atoms with van der Waals surface area (Å²) in [5, 5.41) is 8.98. The van der Waals surface area contributed by atoms with Gasteiger partial charge in [-0.1, -0.05) is 69.2 Å². The van der Waals surface area contributed by atoms with Gasteiger partial charge in [-0.15, -0.1) is 0 Å². The van der Waals surface area contributed by atoms with E-state index >= 15 is 0 Å². The lowest BCUT2D eigenvalue weighted by Crippen LogP contribution is -2.37. The number of nitrogens with zero attached hydrogens (tertiary/aromatic N) is 6. The van der Waals surface area contributed by atoms with Crippen molar-refractivity contribution in [1.82, 2.24) is 39.9 Å². The van der Waals surface area contributed by atoms with E-state index in [-0.39, 0.29) is 47.1 Å². The number of aromatic amines is 2. The summed E-state index contributed by atoms with van der Waals surface area (Å²) in [6.45, 7) is 3.95. The van der Waals surface area contributed by atoms with E-state index in [9.17, 15) is 22.0 Å². The van der Waals surface area contributed by atoms with E-state index in [1.54, 1.807) is 36.9 Å². The third-order valence-corrected chi connectivity index (χ3v) is 14.1. The Morgan fingerprint density at radius 2 is 1.23 bits per heavy atom. The van der Waals surface area contributed by atoms with E-state index in [1.165, 1.54) is 6.20 Å². The Balaban J connectivity index is 0.000000186. The Morgan fingerprint density at radius 3 is 1.74 bits per heavy atom. The van der Waals surface area contributed by atoms with Crippen molar-refractivity contribution in [3.8, 4) is 22.8 Å². The van der Waals surface area contributed by atoms with Gasteiger partial charge in [0.15, 0.2) is 44.8 Å². The number of sulfone groups is 1. The molecular formula is C44H52Cl2F2N10O3S. The average Bonchev–Trinajstić information content (AvgIpc) is 3.87. The quantitative estimate of drug-likeness (QED) is 0.0769. The van der Waals surface area contributed by atoms with Crippen LogP contribution in [0.4, 0.5) is 20.4 Å². The van der Waals surface area contributed by atoms with Crippen LogP contribution >= 0.6 is 23.2 Å². The highest BCUT2D eigenvalue weighted by atomic mass is 35.5. The monoisotopic (exact) mass is 908 g/mol. The number of ketones is 1. The third kappa shape index (κ3) is 11.2. The van der Waals surface area contributed by atoms with Gasteiger partial charge in [0.05, 0.1) is 28.2 Å². The largest absolute Gasteiger partial charge is 0.364 e. The molecule has 0 aliphatic heterocycles. The highest BCUT2D eigenvalue weighted by Gasteiger charge is 2.31. The Bertz CT molecular complexity index is 2610. The highest BCUT2D eigenvalue weighted by Crippen LogP contribution is 2.34. The second kappa shape index (κ2) is 20.6. The summed E-state index contributed by atoms with van der Waals surface area (Å²) in [5.74, 6) is 0.646. The lowest BCUT2D eigenvalue weighted by Gasteiger charge is -2.32. The van der Waals surface area contributed by atoms with E-state index in [0.717, 1.165) is 81.2 Å². The molecule has 13 nitrogen and oxygen atoms in total. The number of aromatic nitrogens is 8. The average molecular weight is 910 g/mol. The standard InChI is InChI=1S/C23H27ClFN5O.C21H25ClFN5O2S/c1-2-3-7-16(31)9-14-6-4-5-8-20(14)29-23-19(25)13-28-22(30-23)18-12-27-21-17(18)10-15(24)11-26-21;1-2-7-31(29,30)12-13-5-3-4-6-18(13)27-21-17(23)11-26-20(28-21)16-10-25-19-15(16)8-14(22)9-24-19/h10-14,20H,2-9H2,1H3,(H,26,27)(H,28,29,30);8-11,13,18H,2-7,12H2,1H3,(H,24,25)(H,26,27,28). The minimum Gasteiger partial charge on any atom is -0.364 e. The molecule has 2 aliphatic rings. The normalized spacial score (nSPS) is 19.3. The van der Waals surface area contributed by atoms with Gasteiger partial charge >= 0.3 is 0 Å². The van der Waals surface area contributed by atoms with Crippen LogP contribution in [0.5, 0.6) is 0 Å². The number of rotatable bonds is 15. The van der Waals surface area contributed by atoms with Gasteiger partial charge in [0, 0.05) is 77.4 Å². The number of H-pyrrole nitrogens is 2. The van der Waals surface area contributed by atoms with Crippen LogP contribution in [-0.2, 0) is 14.6 Å². The van der Waals surface area contributed by atoms with Gasteiger partial charge < -0.3 is 20.6 Å². The molecule has 0 bridgehead atoms. The van der Waals surface area contributed by atoms with Crippen molar-refractivity contribution in [2.24, 2.45) is 11.8 Å². The molecule has 0 aromatic carbocycles. The summed E-state index contributed by atoms with van der Waals surface area (Å²) >= 11 is 12.2. The molecule has 0 spiro atoms. The number of hydrogen-bond acceptors (Lipinski definition) is 11. The molecule has 4 unspecified atom stereocenters. The predicted molar refractivity (Wildman–Crippen MR) is 241 cm³/mol. The Kier molecular flexibility index (Phi) is 15.0. The molecule has 6 aromatic heterocycles. The zero-order valence-electron chi connectivity index (χ0n) is 34.9. The zero-order chi connectivity index (χ0) is 43.8. The van der Waals surface area contributed by atoms with Crippen molar-refractivity contribution in [3.05, 3.63) is 71.0 Å². The van der Waals surface area contributed by atoms with Crippen LogP contribution in [0.2, 0.25) is 10.0 Å². The summed E-state index contributed by atoms with van der Waals surface area (Å²) < 4.78 is 53.9. The maximum Gasteiger partial charge on any atom is 0.183 e. The lowest BCUT2D eigenvalue weighted by molar-refractivity contribution is -0.120. The molecule has 62 heavy (non-hydrogen) atoms. The summed E-state index contributed by atoms with van der Waals surface area (Å²) in [6, 6.07) is 3.41. The number of nitrogens with one attached hydrogen (secondary N) is 4. The van der Waals surface area contributed by atoms with Crippen LogP contribution < -0.4 is 10.6 Å². The molecule has 2 saturated carbocycles. The van der Waals surface area contributed by atoms with Gasteiger partial charge in [-0.25, -0.2) is 47.1 Å². The molecule has 6 heterocycles. The maximum absolute atomic E-state index is 14.6. The highest BCUT2D eigenvalue weighted by molar-refractivity contribution is 7.91. The van der Waals surface area contributed by atoms with Gasteiger partial charge in [0.1, 0.15) is 17.1 Å². The second-order valence-corrected chi connectivity index (χ2v) is 19.4. The lowest BCUT2D eigenvalue weighted by atomic mass is 9.81. The SMILES string of the molecule is CCCCC(=O)CC1CCCCC1Nc1nc(-c2c[nH]c3ncc(Cl)cc23)ncc1F.CCCS(=O)(=O)CC1CCCCC1Nc1nc(-c2c[nH]c3ncc(Cl)cc23)ncc1F. The van der Waals surface area contributed by atoms with E-state index in [2.05, 4.69) is 57.4 Å². The number of hydrogen-bond donors (Lipinski definition) is 4. The molecule has 330 valence electrons. The zero-order valence-corrected chi connectivity index (χ0v) is 37.2. The maximum atomic E-state index is 14.6. The van der Waals surface area contributed by atoms with Crippen LogP contribution in [0.1, 0.15) is 97.3 Å². The van der Waals surface area contributed by atoms with Crippen LogP contribution in [0.15, 0.2) is 49.3 Å². The van der Waals surface area contributed by atoms with Crippen molar-refractivity contribution in [3.63, 3.8) is 0 Å². The van der Waals surface area contributed by atoms with Gasteiger partial charge in [-0.2, -0.15) is 0 Å². The number of Topliss-reactive ketones (excluding diaryl/α,β-unsaturated/α-hetero) is 1. The predicted octanol–water partition coefficient (Wildman–Crippen LogP) is 10.5.